The number of benzene rings is 2. The Morgan fingerprint density at radius 1 is 1.10 bits per heavy atom. The summed E-state index contributed by atoms with van der Waals surface area (Å²) in [6, 6.07) is 13.0. The van der Waals surface area contributed by atoms with Crippen LogP contribution in [0.4, 0.5) is 5.69 Å². The van der Waals surface area contributed by atoms with Crippen LogP contribution in [0.5, 0.6) is 0 Å². The zero-order valence-corrected chi connectivity index (χ0v) is 12.4. The third-order valence-corrected chi connectivity index (χ3v) is 3.33. The van der Waals surface area contributed by atoms with Crippen LogP contribution in [-0.4, -0.2) is 27.2 Å². The van der Waals surface area contributed by atoms with E-state index in [0.29, 0.717) is 10.6 Å². The maximum absolute atomic E-state index is 11.9. The predicted octanol–water partition coefficient (Wildman–Crippen LogP) is 3.86. The van der Waals surface area contributed by atoms with E-state index in [9.17, 15) is 4.79 Å². The van der Waals surface area contributed by atoms with Gasteiger partial charge in [0.2, 0.25) is 0 Å². The predicted molar refractivity (Wildman–Crippen MR) is 82.6 cm³/mol. The molecule has 0 bridgehead atoms. The molecule has 4 heteroatoms. The van der Waals surface area contributed by atoms with Gasteiger partial charge < -0.3 is 9.64 Å². The van der Waals surface area contributed by atoms with Crippen molar-refractivity contribution in [3.05, 3.63) is 53.1 Å². The topological polar surface area (TPSA) is 29.5 Å². The molecule has 0 aliphatic heterocycles. The summed E-state index contributed by atoms with van der Waals surface area (Å²) < 4.78 is 4.84. The summed E-state index contributed by atoms with van der Waals surface area (Å²) in [7, 11) is 5.30. The summed E-state index contributed by atoms with van der Waals surface area (Å²) in [5.74, 6) is -0.347. The van der Waals surface area contributed by atoms with Crippen LogP contribution in [0.3, 0.4) is 0 Å². The van der Waals surface area contributed by atoms with Crippen LogP contribution >= 0.6 is 11.6 Å². The van der Waals surface area contributed by atoms with Gasteiger partial charge in [0.05, 0.1) is 12.7 Å². The van der Waals surface area contributed by atoms with E-state index >= 15 is 0 Å². The molecular formula is C16H16ClNO2. The summed E-state index contributed by atoms with van der Waals surface area (Å²) in [5, 5.41) is 0.664. The molecule has 2 aromatic rings. The van der Waals surface area contributed by atoms with Crippen LogP contribution in [0.1, 0.15) is 10.4 Å². The molecule has 3 nitrogen and oxygen atoms in total. The number of carbonyl (C=O) groups excluding carboxylic acids is 1. The van der Waals surface area contributed by atoms with Gasteiger partial charge in [0.25, 0.3) is 0 Å². The Morgan fingerprint density at radius 2 is 1.75 bits per heavy atom. The minimum absolute atomic E-state index is 0.347. The van der Waals surface area contributed by atoms with Crippen LogP contribution < -0.4 is 4.90 Å². The number of halogens is 1. The summed E-state index contributed by atoms with van der Waals surface area (Å²) >= 11 is 5.91. The van der Waals surface area contributed by atoms with Crippen molar-refractivity contribution in [1.82, 2.24) is 0 Å². The lowest BCUT2D eigenvalue weighted by Gasteiger charge is -2.16. The molecule has 0 fully saturated rings. The number of hydrogen-bond donors (Lipinski definition) is 0. The van der Waals surface area contributed by atoms with E-state index in [-0.39, 0.29) is 5.97 Å². The van der Waals surface area contributed by atoms with Gasteiger partial charge in [0.15, 0.2) is 0 Å². The maximum Gasteiger partial charge on any atom is 0.338 e. The maximum atomic E-state index is 11.9. The largest absolute Gasteiger partial charge is 0.465 e. The van der Waals surface area contributed by atoms with Crippen LogP contribution in [0.15, 0.2) is 42.5 Å². The quantitative estimate of drug-likeness (QED) is 0.804. The van der Waals surface area contributed by atoms with E-state index in [1.54, 1.807) is 18.2 Å². The molecule has 2 rings (SSSR count). The molecule has 20 heavy (non-hydrogen) atoms. The highest BCUT2D eigenvalue weighted by Gasteiger charge is 2.14. The fourth-order valence-electron chi connectivity index (χ4n) is 1.97. The van der Waals surface area contributed by atoms with Crippen molar-refractivity contribution < 1.29 is 9.53 Å². The third kappa shape index (κ3) is 2.94. The van der Waals surface area contributed by atoms with Crippen molar-refractivity contribution in [2.24, 2.45) is 0 Å². The fraction of sp³-hybridized carbons (Fsp3) is 0.188. The number of anilines is 1. The smallest absolute Gasteiger partial charge is 0.338 e. The number of nitrogens with zero attached hydrogens (tertiary/aromatic N) is 1. The molecule has 0 aromatic heterocycles. The Labute approximate surface area is 123 Å². The second kappa shape index (κ2) is 5.97. The SMILES string of the molecule is COC(=O)c1ccc(N(C)C)cc1-c1ccc(Cl)cc1. The molecule has 0 N–H and O–H groups in total. The number of carbonyl (C=O) groups is 1. The van der Waals surface area contributed by atoms with E-state index < -0.39 is 0 Å². The lowest BCUT2D eigenvalue weighted by atomic mass is 9.98. The summed E-state index contributed by atoms with van der Waals surface area (Å²) in [6.07, 6.45) is 0. The molecule has 0 saturated heterocycles. The molecule has 0 heterocycles. The van der Waals surface area contributed by atoms with Gasteiger partial charge in [-0.15, -0.1) is 0 Å². The molecule has 104 valence electrons. The van der Waals surface area contributed by atoms with E-state index in [2.05, 4.69) is 0 Å². The molecule has 0 saturated carbocycles. The average Bonchev–Trinajstić information content (AvgIpc) is 2.46. The highest BCUT2D eigenvalue weighted by molar-refractivity contribution is 6.30. The van der Waals surface area contributed by atoms with E-state index in [4.69, 9.17) is 16.3 Å². The second-order valence-electron chi connectivity index (χ2n) is 4.62. The molecule has 0 atom stereocenters. The number of hydrogen-bond acceptors (Lipinski definition) is 3. The zero-order valence-electron chi connectivity index (χ0n) is 11.7. The molecule has 0 radical (unpaired) electrons. The highest BCUT2D eigenvalue weighted by Crippen LogP contribution is 2.29. The second-order valence-corrected chi connectivity index (χ2v) is 5.06. The monoisotopic (exact) mass is 289 g/mol. The van der Waals surface area contributed by atoms with Crippen LogP contribution in [-0.2, 0) is 4.74 Å². The van der Waals surface area contributed by atoms with Crippen molar-refractivity contribution in [3.8, 4) is 11.1 Å². The minimum atomic E-state index is -0.347. The van der Waals surface area contributed by atoms with Crippen molar-refractivity contribution in [2.75, 3.05) is 26.1 Å². The average molecular weight is 290 g/mol. The molecule has 0 unspecified atom stereocenters. The van der Waals surface area contributed by atoms with Gasteiger partial charge in [0.1, 0.15) is 0 Å². The highest BCUT2D eigenvalue weighted by atomic mass is 35.5. The Kier molecular flexibility index (Phi) is 4.30. The molecule has 2 aromatic carbocycles. The fourth-order valence-corrected chi connectivity index (χ4v) is 2.09. The van der Waals surface area contributed by atoms with E-state index in [0.717, 1.165) is 16.8 Å². The van der Waals surface area contributed by atoms with Crippen LogP contribution in [0.2, 0.25) is 5.02 Å². The first-order chi connectivity index (χ1) is 9.52. The van der Waals surface area contributed by atoms with Crippen LogP contribution in [0.25, 0.3) is 11.1 Å². The van der Waals surface area contributed by atoms with Gasteiger partial charge in [-0.1, -0.05) is 23.7 Å². The van der Waals surface area contributed by atoms with Gasteiger partial charge in [-0.2, -0.15) is 0 Å². The molecule has 0 aliphatic carbocycles. The molecular weight excluding hydrogens is 274 g/mol. The van der Waals surface area contributed by atoms with E-state index in [1.807, 2.05) is 43.3 Å². The Bertz CT molecular complexity index is 621. The Morgan fingerprint density at radius 3 is 2.30 bits per heavy atom. The number of methoxy groups -OCH3 is 1. The Hall–Kier alpha value is -2.00. The lowest BCUT2D eigenvalue weighted by Crippen LogP contribution is -2.10. The summed E-state index contributed by atoms with van der Waals surface area (Å²) in [5.41, 5.74) is 3.32. The zero-order chi connectivity index (χ0) is 14.7. The van der Waals surface area contributed by atoms with Gasteiger partial charge in [-0.25, -0.2) is 4.79 Å². The first kappa shape index (κ1) is 14.4. The van der Waals surface area contributed by atoms with Crippen molar-refractivity contribution in [1.29, 1.82) is 0 Å². The summed E-state index contributed by atoms with van der Waals surface area (Å²) in [4.78, 5) is 13.9. The van der Waals surface area contributed by atoms with Crippen molar-refractivity contribution >= 4 is 23.3 Å². The van der Waals surface area contributed by atoms with Crippen molar-refractivity contribution in [3.63, 3.8) is 0 Å². The molecule has 0 spiro atoms. The molecule has 0 aliphatic rings. The third-order valence-electron chi connectivity index (χ3n) is 3.08. The van der Waals surface area contributed by atoms with Gasteiger partial charge in [-0.3, -0.25) is 0 Å². The Balaban J connectivity index is 2.59. The van der Waals surface area contributed by atoms with Crippen molar-refractivity contribution in [2.45, 2.75) is 0 Å². The summed E-state index contributed by atoms with van der Waals surface area (Å²) in [6.45, 7) is 0. The first-order valence-corrected chi connectivity index (χ1v) is 6.56. The number of esters is 1. The first-order valence-electron chi connectivity index (χ1n) is 6.18. The number of ether oxygens (including phenoxy) is 1. The van der Waals surface area contributed by atoms with Gasteiger partial charge in [-0.05, 0) is 41.5 Å². The normalized spacial score (nSPS) is 10.2. The van der Waals surface area contributed by atoms with Crippen LogP contribution in [0, 0.1) is 0 Å². The van der Waals surface area contributed by atoms with Gasteiger partial charge >= 0.3 is 5.97 Å². The molecule has 0 amide bonds. The lowest BCUT2D eigenvalue weighted by molar-refractivity contribution is 0.0601. The number of rotatable bonds is 3. The standard InChI is InChI=1S/C16H16ClNO2/c1-18(2)13-8-9-14(16(19)20-3)15(10-13)11-4-6-12(17)7-5-11/h4-10H,1-3H3. The minimum Gasteiger partial charge on any atom is -0.465 e. The van der Waals surface area contributed by atoms with E-state index in [1.165, 1.54) is 7.11 Å². The van der Waals surface area contributed by atoms with Gasteiger partial charge in [0, 0.05) is 24.8 Å².